The van der Waals surface area contributed by atoms with E-state index in [9.17, 15) is 9.59 Å². The Labute approximate surface area is 99.1 Å². The number of hydrogen-bond acceptors (Lipinski definition) is 5. The molecule has 0 aliphatic carbocycles. The molecule has 0 saturated heterocycles. The predicted molar refractivity (Wildman–Crippen MR) is 61.4 cm³/mol. The fraction of sp³-hybridized carbons (Fsp3) is 0.750. The summed E-state index contributed by atoms with van der Waals surface area (Å²) in [6.45, 7) is 3.51. The van der Waals surface area contributed by atoms with E-state index in [0.717, 1.165) is 11.8 Å². The van der Waals surface area contributed by atoms with Gasteiger partial charge in [-0.15, -0.1) is 24.2 Å². The monoisotopic (exact) mass is 257 g/mol. The number of carbonyl (C=O) groups is 2. The highest BCUT2D eigenvalue weighted by Crippen LogP contribution is 2.03. The van der Waals surface area contributed by atoms with E-state index in [-0.39, 0.29) is 36.0 Å². The summed E-state index contributed by atoms with van der Waals surface area (Å²) in [4.78, 5) is 21.3. The van der Waals surface area contributed by atoms with Crippen molar-refractivity contribution in [2.75, 3.05) is 11.5 Å². The smallest absolute Gasteiger partial charge is 0.321 e. The molecule has 0 bridgehead atoms. The van der Waals surface area contributed by atoms with Crippen molar-refractivity contribution in [3.05, 3.63) is 0 Å². The van der Waals surface area contributed by atoms with Crippen molar-refractivity contribution >= 4 is 36.1 Å². The Kier molecular flexibility index (Phi) is 9.96. The Hall–Kier alpha value is -0.460. The Bertz CT molecular complexity index is 213. The first kappa shape index (κ1) is 17.0. The van der Waals surface area contributed by atoms with Gasteiger partial charge in [-0.05, 0) is 13.8 Å². The van der Waals surface area contributed by atoms with E-state index >= 15 is 0 Å². The van der Waals surface area contributed by atoms with E-state index in [1.54, 1.807) is 13.8 Å². The van der Waals surface area contributed by atoms with E-state index in [4.69, 9.17) is 15.6 Å². The number of aliphatic carboxylic acids is 1. The minimum atomic E-state index is -1.06. The lowest BCUT2D eigenvalue weighted by Crippen LogP contribution is -2.32. The number of carbonyl (C=O) groups excluding carboxylic acids is 1. The van der Waals surface area contributed by atoms with Gasteiger partial charge in [0, 0.05) is 5.75 Å². The van der Waals surface area contributed by atoms with Gasteiger partial charge in [-0.1, -0.05) is 0 Å². The number of halogens is 1. The molecule has 0 aliphatic heterocycles. The predicted octanol–water partition coefficient (Wildman–Crippen LogP) is 0.505. The Balaban J connectivity index is 0. The van der Waals surface area contributed by atoms with E-state index < -0.39 is 12.0 Å². The highest BCUT2D eigenvalue weighted by Gasteiger charge is 2.12. The molecule has 0 fully saturated rings. The molecule has 0 aromatic carbocycles. The summed E-state index contributed by atoms with van der Waals surface area (Å²) in [5.74, 6) is -1.06. The van der Waals surface area contributed by atoms with E-state index in [1.165, 1.54) is 0 Å². The molecule has 1 atom stereocenters. The van der Waals surface area contributed by atoms with Crippen LogP contribution >= 0.6 is 24.2 Å². The van der Waals surface area contributed by atoms with Crippen molar-refractivity contribution in [2.45, 2.75) is 26.0 Å². The summed E-state index contributed by atoms with van der Waals surface area (Å²) >= 11 is 1.16. The lowest BCUT2D eigenvalue weighted by atomic mass is 10.4. The van der Waals surface area contributed by atoms with Crippen molar-refractivity contribution in [2.24, 2.45) is 5.73 Å². The fourth-order valence-corrected chi connectivity index (χ4v) is 1.39. The Morgan fingerprint density at radius 2 is 2.00 bits per heavy atom. The summed E-state index contributed by atoms with van der Waals surface area (Å²) in [5, 5.41) is 8.44. The fourth-order valence-electron chi connectivity index (χ4n) is 0.637. The van der Waals surface area contributed by atoms with Gasteiger partial charge in [0.2, 0.25) is 0 Å². The standard InChI is InChI=1S/C8H15NO4S.ClH/c1-5(2)13-7(10)4-14-3-6(9)8(11)12;/h5-6H,3-4,9H2,1-2H3,(H,11,12);1H/t6-;/m0./s1. The van der Waals surface area contributed by atoms with Gasteiger partial charge in [0.1, 0.15) is 6.04 Å². The third-order valence-electron chi connectivity index (χ3n) is 1.20. The van der Waals surface area contributed by atoms with Crippen LogP contribution in [0.2, 0.25) is 0 Å². The van der Waals surface area contributed by atoms with Crippen LogP contribution in [0.4, 0.5) is 0 Å². The van der Waals surface area contributed by atoms with Gasteiger partial charge in [0.25, 0.3) is 0 Å². The Morgan fingerprint density at radius 1 is 1.47 bits per heavy atom. The topological polar surface area (TPSA) is 89.6 Å². The van der Waals surface area contributed by atoms with Gasteiger partial charge >= 0.3 is 11.9 Å². The normalized spacial score (nSPS) is 11.7. The highest BCUT2D eigenvalue weighted by atomic mass is 35.5. The molecule has 0 amide bonds. The molecule has 0 radical (unpaired) electrons. The molecule has 0 aromatic heterocycles. The molecule has 0 saturated carbocycles. The molecule has 0 aromatic rings. The van der Waals surface area contributed by atoms with Crippen LogP contribution < -0.4 is 5.73 Å². The second kappa shape index (κ2) is 8.82. The van der Waals surface area contributed by atoms with Gasteiger partial charge < -0.3 is 15.6 Å². The molecule has 5 nitrogen and oxygen atoms in total. The van der Waals surface area contributed by atoms with Crippen LogP contribution in [-0.2, 0) is 14.3 Å². The zero-order valence-electron chi connectivity index (χ0n) is 8.63. The molecule has 0 rings (SSSR count). The van der Waals surface area contributed by atoms with Crippen molar-refractivity contribution in [3.8, 4) is 0 Å². The molecular formula is C8H16ClNO4S. The first-order valence-corrected chi connectivity index (χ1v) is 5.34. The minimum Gasteiger partial charge on any atom is -0.480 e. The lowest BCUT2D eigenvalue weighted by molar-refractivity contribution is -0.144. The summed E-state index contributed by atoms with van der Waals surface area (Å²) in [6, 6.07) is -0.924. The van der Waals surface area contributed by atoms with Gasteiger partial charge in [-0.2, -0.15) is 0 Å². The van der Waals surface area contributed by atoms with Crippen LogP contribution in [0.5, 0.6) is 0 Å². The first-order valence-electron chi connectivity index (χ1n) is 4.19. The van der Waals surface area contributed by atoms with Crippen molar-refractivity contribution in [1.29, 1.82) is 0 Å². The van der Waals surface area contributed by atoms with Crippen LogP contribution in [0, 0.1) is 0 Å². The minimum absolute atomic E-state index is 0. The number of carboxylic acids is 1. The Morgan fingerprint density at radius 3 is 2.40 bits per heavy atom. The SMILES string of the molecule is CC(C)OC(=O)CSC[C@H](N)C(=O)O.Cl. The van der Waals surface area contributed by atoms with Crippen LogP contribution in [0.3, 0.4) is 0 Å². The van der Waals surface area contributed by atoms with Crippen molar-refractivity contribution in [3.63, 3.8) is 0 Å². The summed E-state index contributed by atoms with van der Waals surface area (Å²) in [5.41, 5.74) is 5.23. The molecule has 3 N–H and O–H groups in total. The van der Waals surface area contributed by atoms with Gasteiger partial charge in [-0.25, -0.2) is 0 Å². The second-order valence-electron chi connectivity index (χ2n) is 3.00. The molecule has 90 valence electrons. The molecule has 0 aliphatic rings. The van der Waals surface area contributed by atoms with Gasteiger partial charge in [-0.3, -0.25) is 9.59 Å². The van der Waals surface area contributed by atoms with E-state index in [2.05, 4.69) is 0 Å². The zero-order chi connectivity index (χ0) is 11.1. The van der Waals surface area contributed by atoms with Crippen LogP contribution in [-0.4, -0.2) is 40.7 Å². The number of nitrogens with two attached hydrogens (primary N) is 1. The van der Waals surface area contributed by atoms with Crippen LogP contribution in [0.15, 0.2) is 0 Å². The maximum absolute atomic E-state index is 11.0. The molecule has 7 heteroatoms. The first-order chi connectivity index (χ1) is 6.43. The zero-order valence-corrected chi connectivity index (χ0v) is 10.3. The molecule has 15 heavy (non-hydrogen) atoms. The maximum Gasteiger partial charge on any atom is 0.321 e. The highest BCUT2D eigenvalue weighted by molar-refractivity contribution is 8.00. The molecule has 0 spiro atoms. The second-order valence-corrected chi connectivity index (χ2v) is 4.03. The number of thioether (sulfide) groups is 1. The van der Waals surface area contributed by atoms with Crippen molar-refractivity contribution < 1.29 is 19.4 Å². The lowest BCUT2D eigenvalue weighted by Gasteiger charge is -2.08. The number of carboxylic acid groups (broad SMARTS) is 1. The van der Waals surface area contributed by atoms with E-state index in [0.29, 0.717) is 0 Å². The molecule has 0 heterocycles. The average molecular weight is 258 g/mol. The summed E-state index contributed by atoms with van der Waals surface area (Å²) < 4.78 is 4.84. The number of ether oxygens (including phenoxy) is 1. The largest absolute Gasteiger partial charge is 0.480 e. The van der Waals surface area contributed by atoms with Crippen LogP contribution in [0.1, 0.15) is 13.8 Å². The van der Waals surface area contributed by atoms with E-state index in [1.807, 2.05) is 0 Å². The number of hydrogen-bond donors (Lipinski definition) is 2. The maximum atomic E-state index is 11.0. The average Bonchev–Trinajstić information content (AvgIpc) is 2.02. The third-order valence-corrected chi connectivity index (χ3v) is 2.24. The number of rotatable bonds is 6. The number of esters is 1. The van der Waals surface area contributed by atoms with Gasteiger partial charge in [0.05, 0.1) is 11.9 Å². The van der Waals surface area contributed by atoms with Crippen molar-refractivity contribution in [1.82, 2.24) is 0 Å². The molecule has 0 unspecified atom stereocenters. The summed E-state index contributed by atoms with van der Waals surface area (Å²) in [6.07, 6.45) is -0.142. The quantitative estimate of drug-likeness (QED) is 0.674. The summed E-state index contributed by atoms with van der Waals surface area (Å²) in [7, 11) is 0. The van der Waals surface area contributed by atoms with Gasteiger partial charge in [0.15, 0.2) is 0 Å². The van der Waals surface area contributed by atoms with Crippen LogP contribution in [0.25, 0.3) is 0 Å². The third kappa shape index (κ3) is 9.84. The molecular weight excluding hydrogens is 242 g/mol.